The van der Waals surface area contributed by atoms with Gasteiger partial charge in [-0.05, 0) is 19.1 Å². The minimum Gasteiger partial charge on any atom is -0.355 e. The van der Waals surface area contributed by atoms with Crippen LogP contribution in [0.4, 0.5) is 0 Å². The third-order valence-electron chi connectivity index (χ3n) is 4.39. The molecule has 10 heteroatoms. The van der Waals surface area contributed by atoms with Gasteiger partial charge in [0.25, 0.3) is 5.56 Å². The van der Waals surface area contributed by atoms with Crippen molar-refractivity contribution < 1.29 is 12.9 Å². The average molecular weight is 443 g/mol. The summed E-state index contributed by atoms with van der Waals surface area (Å²) >= 11 is 1.31. The summed E-state index contributed by atoms with van der Waals surface area (Å²) in [4.78, 5) is 13.6. The molecule has 0 amide bonds. The zero-order valence-electron chi connectivity index (χ0n) is 16.0. The van der Waals surface area contributed by atoms with Crippen LogP contribution in [-0.2, 0) is 16.6 Å². The minimum absolute atomic E-state index is 0.0282. The van der Waals surface area contributed by atoms with Crippen LogP contribution in [0.2, 0.25) is 0 Å². The second-order valence-electron chi connectivity index (χ2n) is 6.45. The third kappa shape index (κ3) is 4.25. The minimum atomic E-state index is -3.75. The predicted molar refractivity (Wildman–Crippen MR) is 114 cm³/mol. The highest BCUT2D eigenvalue weighted by Gasteiger charge is 2.21. The molecule has 8 nitrogen and oxygen atoms in total. The molecular formula is C20H18N4O4S2. The molecule has 0 saturated heterocycles. The van der Waals surface area contributed by atoms with Crippen LogP contribution >= 0.6 is 11.3 Å². The number of hydrogen-bond acceptors (Lipinski definition) is 7. The molecule has 1 aromatic carbocycles. The molecule has 0 bridgehead atoms. The van der Waals surface area contributed by atoms with Crippen molar-refractivity contribution in [2.45, 2.75) is 18.4 Å². The quantitative estimate of drug-likeness (QED) is 0.472. The van der Waals surface area contributed by atoms with E-state index in [0.717, 1.165) is 5.56 Å². The highest BCUT2D eigenvalue weighted by molar-refractivity contribution is 7.89. The van der Waals surface area contributed by atoms with E-state index in [1.807, 2.05) is 30.3 Å². The number of nitrogens with zero attached hydrogens (tertiary/aromatic N) is 3. The van der Waals surface area contributed by atoms with E-state index in [1.54, 1.807) is 25.1 Å². The van der Waals surface area contributed by atoms with Crippen LogP contribution in [-0.4, -0.2) is 29.9 Å². The number of hydrogen-bond donors (Lipinski definition) is 1. The van der Waals surface area contributed by atoms with Gasteiger partial charge in [0.2, 0.25) is 10.0 Å². The van der Waals surface area contributed by atoms with Gasteiger partial charge < -0.3 is 4.52 Å². The van der Waals surface area contributed by atoms with Crippen LogP contribution in [0.3, 0.4) is 0 Å². The van der Waals surface area contributed by atoms with Crippen molar-refractivity contribution in [1.82, 2.24) is 19.7 Å². The van der Waals surface area contributed by atoms with Crippen LogP contribution in [0.25, 0.3) is 21.9 Å². The fraction of sp³-hybridized carbons (Fsp3) is 0.150. The molecule has 3 heterocycles. The maximum atomic E-state index is 12.7. The molecule has 4 aromatic rings. The van der Waals surface area contributed by atoms with Gasteiger partial charge in [-0.2, -0.15) is 5.10 Å². The van der Waals surface area contributed by atoms with E-state index >= 15 is 0 Å². The first-order chi connectivity index (χ1) is 14.4. The molecule has 4 rings (SSSR count). The number of benzene rings is 1. The zero-order valence-corrected chi connectivity index (χ0v) is 17.6. The normalized spacial score (nSPS) is 11.6. The van der Waals surface area contributed by atoms with Gasteiger partial charge in [-0.15, -0.1) is 11.3 Å². The van der Waals surface area contributed by atoms with Gasteiger partial charge in [0.1, 0.15) is 0 Å². The molecule has 0 aliphatic heterocycles. The van der Waals surface area contributed by atoms with Crippen LogP contribution < -0.4 is 10.3 Å². The summed E-state index contributed by atoms with van der Waals surface area (Å²) in [5.41, 5.74) is 1.22. The summed E-state index contributed by atoms with van der Waals surface area (Å²) in [6.45, 7) is 1.87. The average Bonchev–Trinajstić information content (AvgIpc) is 3.40. The number of sulfonamides is 1. The lowest BCUT2D eigenvalue weighted by Crippen LogP contribution is -2.32. The van der Waals surface area contributed by atoms with E-state index in [-0.39, 0.29) is 23.5 Å². The first kappa shape index (κ1) is 20.2. The number of nitrogens with one attached hydrogen (secondary N) is 1. The lowest BCUT2D eigenvalue weighted by molar-refractivity contribution is 0.433. The molecule has 3 aromatic heterocycles. The molecule has 0 spiro atoms. The fourth-order valence-corrected chi connectivity index (χ4v) is 5.50. The Morgan fingerprint density at radius 2 is 1.93 bits per heavy atom. The molecule has 0 aliphatic carbocycles. The molecule has 1 N–H and O–H groups in total. The van der Waals surface area contributed by atoms with Gasteiger partial charge in [0.15, 0.2) is 5.76 Å². The largest absolute Gasteiger partial charge is 0.355 e. The molecule has 30 heavy (non-hydrogen) atoms. The fourth-order valence-electron chi connectivity index (χ4n) is 2.93. The Hall–Kier alpha value is -3.08. The van der Waals surface area contributed by atoms with E-state index in [4.69, 9.17) is 4.52 Å². The monoisotopic (exact) mass is 442 g/mol. The number of rotatable bonds is 7. The van der Waals surface area contributed by atoms with Crippen LogP contribution in [0.15, 0.2) is 75.0 Å². The third-order valence-corrected chi connectivity index (χ3v) is 7.18. The first-order valence-corrected chi connectivity index (χ1v) is 11.4. The van der Waals surface area contributed by atoms with Gasteiger partial charge >= 0.3 is 0 Å². The Bertz CT molecular complexity index is 1310. The smallest absolute Gasteiger partial charge is 0.266 e. The van der Waals surface area contributed by atoms with Crippen molar-refractivity contribution >= 4 is 21.4 Å². The van der Waals surface area contributed by atoms with Gasteiger partial charge in [-0.25, -0.2) is 17.8 Å². The molecule has 0 aliphatic rings. The predicted octanol–water partition coefficient (Wildman–Crippen LogP) is 2.91. The van der Waals surface area contributed by atoms with Crippen molar-refractivity contribution in [3.63, 3.8) is 0 Å². The standard InChI is InChI=1S/C20H18N4O4S2/c1-14-19(13-18(29-14)17-9-10-21-28-17)30(26,27)22-11-12-24-20(25)8-7-16(23-24)15-5-3-2-4-6-15/h2-10,13,22H,11-12H2,1H3. The van der Waals surface area contributed by atoms with Gasteiger partial charge in [-0.1, -0.05) is 35.5 Å². The van der Waals surface area contributed by atoms with Crippen molar-refractivity contribution in [3.8, 4) is 21.9 Å². The first-order valence-electron chi connectivity index (χ1n) is 9.09. The van der Waals surface area contributed by atoms with Crippen molar-refractivity contribution in [2.75, 3.05) is 6.54 Å². The maximum Gasteiger partial charge on any atom is 0.266 e. The summed E-state index contributed by atoms with van der Waals surface area (Å²) in [6, 6.07) is 15.8. The van der Waals surface area contributed by atoms with Gasteiger partial charge in [0, 0.05) is 29.1 Å². The Labute approximate surface area is 176 Å². The second kappa shape index (κ2) is 8.34. The Balaban J connectivity index is 1.48. The van der Waals surface area contributed by atoms with Crippen molar-refractivity contribution in [1.29, 1.82) is 0 Å². The lowest BCUT2D eigenvalue weighted by Gasteiger charge is -2.09. The summed E-state index contributed by atoms with van der Waals surface area (Å²) < 4.78 is 34.4. The molecule has 0 radical (unpaired) electrons. The number of aromatic nitrogens is 3. The number of thiophene rings is 1. The van der Waals surface area contributed by atoms with Crippen LogP contribution in [0, 0.1) is 6.92 Å². The summed E-state index contributed by atoms with van der Waals surface area (Å²) in [7, 11) is -3.75. The zero-order chi connectivity index (χ0) is 21.1. The highest BCUT2D eigenvalue weighted by atomic mass is 32.2. The Morgan fingerprint density at radius 1 is 1.13 bits per heavy atom. The van der Waals surface area contributed by atoms with Crippen LogP contribution in [0.5, 0.6) is 0 Å². The lowest BCUT2D eigenvalue weighted by atomic mass is 10.1. The molecule has 0 saturated carbocycles. The topological polar surface area (TPSA) is 107 Å². The van der Waals surface area contributed by atoms with Gasteiger partial charge in [0.05, 0.1) is 28.2 Å². The SMILES string of the molecule is Cc1sc(-c2ccno2)cc1S(=O)(=O)NCCn1nc(-c2ccccc2)ccc1=O. The van der Waals surface area contributed by atoms with Crippen molar-refractivity contribution in [2.24, 2.45) is 0 Å². The molecular weight excluding hydrogens is 424 g/mol. The van der Waals surface area contributed by atoms with Crippen LogP contribution in [0.1, 0.15) is 4.88 Å². The van der Waals surface area contributed by atoms with E-state index in [1.165, 1.54) is 28.3 Å². The highest BCUT2D eigenvalue weighted by Crippen LogP contribution is 2.33. The maximum absolute atomic E-state index is 12.7. The molecule has 0 atom stereocenters. The molecule has 0 unspecified atom stereocenters. The van der Waals surface area contributed by atoms with Crippen molar-refractivity contribution in [3.05, 3.63) is 76.0 Å². The van der Waals surface area contributed by atoms with E-state index in [2.05, 4.69) is 15.0 Å². The summed E-state index contributed by atoms with van der Waals surface area (Å²) in [6.07, 6.45) is 1.51. The van der Waals surface area contributed by atoms with Gasteiger partial charge in [-0.3, -0.25) is 4.79 Å². The number of aryl methyl sites for hydroxylation is 1. The molecule has 0 fully saturated rings. The van der Waals surface area contributed by atoms with E-state index in [9.17, 15) is 13.2 Å². The Kier molecular flexibility index (Phi) is 5.62. The van der Waals surface area contributed by atoms with E-state index in [0.29, 0.717) is 21.2 Å². The second-order valence-corrected chi connectivity index (χ2v) is 9.44. The molecule has 154 valence electrons. The summed E-state index contributed by atoms with van der Waals surface area (Å²) in [5.74, 6) is 0.512. The van der Waals surface area contributed by atoms with E-state index < -0.39 is 10.0 Å². The Morgan fingerprint density at radius 3 is 2.67 bits per heavy atom. The summed E-state index contributed by atoms with van der Waals surface area (Å²) in [5, 5.41) is 7.99.